The van der Waals surface area contributed by atoms with Crippen LogP contribution in [-0.2, 0) is 5.60 Å². The fourth-order valence-corrected chi connectivity index (χ4v) is 2.83. The minimum absolute atomic E-state index is 0.0278. The molecule has 3 rings (SSSR count). The normalized spacial score (nSPS) is 15.1. The van der Waals surface area contributed by atoms with E-state index >= 15 is 0 Å². The molecule has 0 aliphatic carbocycles. The van der Waals surface area contributed by atoms with E-state index < -0.39 is 5.60 Å². The fraction of sp³-hybridized carbons (Fsp3) is 0.368. The number of rotatable bonds is 6. The molecule has 0 amide bonds. The summed E-state index contributed by atoms with van der Waals surface area (Å²) in [6.45, 7) is 8.05. The Kier molecular flexibility index (Phi) is 4.74. The highest BCUT2D eigenvalue weighted by Gasteiger charge is 2.27. The predicted octanol–water partition coefficient (Wildman–Crippen LogP) is 3.04. The highest BCUT2D eigenvalue weighted by atomic mass is 16.4. The maximum Gasteiger partial charge on any atom is 0.153 e. The summed E-state index contributed by atoms with van der Waals surface area (Å²) in [7, 11) is 0. The zero-order valence-electron chi connectivity index (χ0n) is 15.0. The topological polar surface area (TPSA) is 76.1 Å². The van der Waals surface area contributed by atoms with E-state index in [1.165, 1.54) is 0 Å². The van der Waals surface area contributed by atoms with Gasteiger partial charge >= 0.3 is 0 Å². The molecule has 3 aromatic heterocycles. The first-order valence-corrected chi connectivity index (χ1v) is 8.37. The summed E-state index contributed by atoms with van der Waals surface area (Å²) in [4.78, 5) is 4.34. The van der Waals surface area contributed by atoms with Gasteiger partial charge in [0, 0.05) is 30.0 Å². The summed E-state index contributed by atoms with van der Waals surface area (Å²) in [6, 6.07) is 9.44. The Labute approximate surface area is 147 Å². The quantitative estimate of drug-likeness (QED) is 0.721. The molecule has 0 saturated heterocycles. The molecule has 2 N–H and O–H groups in total. The van der Waals surface area contributed by atoms with E-state index in [4.69, 9.17) is 4.42 Å². The van der Waals surface area contributed by atoms with Crippen LogP contribution in [0.4, 0.5) is 0 Å². The van der Waals surface area contributed by atoms with Gasteiger partial charge in [0.25, 0.3) is 0 Å². The van der Waals surface area contributed by atoms with Gasteiger partial charge in [-0.2, -0.15) is 5.10 Å². The zero-order chi connectivity index (χ0) is 18.0. The third-order valence-corrected chi connectivity index (χ3v) is 4.40. The molecule has 6 heteroatoms. The first kappa shape index (κ1) is 17.4. The number of furan rings is 1. The summed E-state index contributed by atoms with van der Waals surface area (Å²) in [5.41, 5.74) is 1.01. The number of hydrogen-bond acceptors (Lipinski definition) is 5. The van der Waals surface area contributed by atoms with Crippen LogP contribution in [0.5, 0.6) is 0 Å². The molecule has 6 nitrogen and oxygen atoms in total. The molecule has 3 heterocycles. The molecule has 2 atom stereocenters. The molecule has 2 unspecified atom stereocenters. The van der Waals surface area contributed by atoms with E-state index in [-0.39, 0.29) is 6.04 Å². The highest BCUT2D eigenvalue weighted by Crippen LogP contribution is 2.24. The van der Waals surface area contributed by atoms with Crippen LogP contribution in [0, 0.1) is 13.8 Å². The van der Waals surface area contributed by atoms with Gasteiger partial charge in [0.2, 0.25) is 0 Å². The number of aromatic nitrogens is 3. The Morgan fingerprint density at radius 3 is 2.72 bits per heavy atom. The Bertz CT molecular complexity index is 836. The molecule has 0 spiro atoms. The SMILES string of the molecule is Cc1ccc(C(C)(O)CNC(C)c2cnn(-c3ccccn3)c2C)o1. The molecule has 0 aliphatic rings. The fourth-order valence-electron chi connectivity index (χ4n) is 2.83. The van der Waals surface area contributed by atoms with Crippen LogP contribution in [0.3, 0.4) is 0 Å². The van der Waals surface area contributed by atoms with E-state index in [9.17, 15) is 5.11 Å². The molecule has 0 bridgehead atoms. The van der Waals surface area contributed by atoms with Crippen molar-refractivity contribution in [3.63, 3.8) is 0 Å². The van der Waals surface area contributed by atoms with Crippen molar-refractivity contribution >= 4 is 0 Å². The van der Waals surface area contributed by atoms with Crippen LogP contribution >= 0.6 is 0 Å². The van der Waals surface area contributed by atoms with Crippen LogP contribution < -0.4 is 5.32 Å². The largest absolute Gasteiger partial charge is 0.463 e. The summed E-state index contributed by atoms with van der Waals surface area (Å²) < 4.78 is 7.38. The minimum atomic E-state index is -1.08. The zero-order valence-corrected chi connectivity index (χ0v) is 15.0. The molecule has 0 aromatic carbocycles. The lowest BCUT2D eigenvalue weighted by Crippen LogP contribution is -2.36. The van der Waals surface area contributed by atoms with E-state index in [0.29, 0.717) is 12.3 Å². The first-order chi connectivity index (χ1) is 11.9. The summed E-state index contributed by atoms with van der Waals surface area (Å²) in [5.74, 6) is 2.14. The molecule has 0 aliphatic heterocycles. The molecule has 0 radical (unpaired) electrons. The number of nitrogens with one attached hydrogen (secondary N) is 1. The Morgan fingerprint density at radius 2 is 2.08 bits per heavy atom. The van der Waals surface area contributed by atoms with Gasteiger partial charge in [0.1, 0.15) is 17.1 Å². The maximum absolute atomic E-state index is 10.7. The van der Waals surface area contributed by atoms with Crippen molar-refractivity contribution in [3.8, 4) is 5.82 Å². The van der Waals surface area contributed by atoms with Gasteiger partial charge in [0.15, 0.2) is 5.82 Å². The molecular formula is C19H24N4O2. The van der Waals surface area contributed by atoms with E-state index in [0.717, 1.165) is 22.8 Å². The Morgan fingerprint density at radius 1 is 1.28 bits per heavy atom. The van der Waals surface area contributed by atoms with Gasteiger partial charge in [-0.25, -0.2) is 9.67 Å². The van der Waals surface area contributed by atoms with Crippen LogP contribution in [0.1, 0.15) is 42.7 Å². The van der Waals surface area contributed by atoms with Gasteiger partial charge in [-0.15, -0.1) is 0 Å². The molecular weight excluding hydrogens is 316 g/mol. The van der Waals surface area contributed by atoms with Gasteiger partial charge < -0.3 is 14.8 Å². The molecule has 3 aromatic rings. The van der Waals surface area contributed by atoms with Crippen LogP contribution in [0.15, 0.2) is 47.1 Å². The second kappa shape index (κ2) is 6.82. The van der Waals surface area contributed by atoms with Crippen LogP contribution in [0.25, 0.3) is 5.82 Å². The third kappa shape index (κ3) is 3.65. The summed E-state index contributed by atoms with van der Waals surface area (Å²) >= 11 is 0. The van der Waals surface area contributed by atoms with E-state index in [2.05, 4.69) is 22.3 Å². The van der Waals surface area contributed by atoms with Gasteiger partial charge in [-0.3, -0.25) is 0 Å². The van der Waals surface area contributed by atoms with Crippen molar-refractivity contribution in [1.29, 1.82) is 0 Å². The summed E-state index contributed by atoms with van der Waals surface area (Å²) in [5, 5.41) is 18.5. The van der Waals surface area contributed by atoms with Crippen LogP contribution in [0.2, 0.25) is 0 Å². The summed E-state index contributed by atoms with van der Waals surface area (Å²) in [6.07, 6.45) is 3.59. The van der Waals surface area contributed by atoms with Crippen LogP contribution in [-0.4, -0.2) is 26.4 Å². The Balaban J connectivity index is 1.72. The number of pyridine rings is 1. The van der Waals surface area contributed by atoms with Crippen molar-refractivity contribution in [3.05, 3.63) is 65.5 Å². The number of aryl methyl sites for hydroxylation is 1. The predicted molar refractivity (Wildman–Crippen MR) is 95.5 cm³/mol. The number of nitrogens with zero attached hydrogens (tertiary/aromatic N) is 3. The maximum atomic E-state index is 10.7. The lowest BCUT2D eigenvalue weighted by molar-refractivity contribution is 0.0312. The van der Waals surface area contributed by atoms with Gasteiger partial charge in [0.05, 0.1) is 6.20 Å². The van der Waals surface area contributed by atoms with Crippen molar-refractivity contribution in [1.82, 2.24) is 20.1 Å². The van der Waals surface area contributed by atoms with E-state index in [1.54, 1.807) is 13.1 Å². The molecule has 132 valence electrons. The lowest BCUT2D eigenvalue weighted by atomic mass is 10.0. The van der Waals surface area contributed by atoms with Crippen molar-refractivity contribution in [2.75, 3.05) is 6.54 Å². The number of hydrogen-bond donors (Lipinski definition) is 2. The average Bonchev–Trinajstić information content (AvgIpc) is 3.20. The first-order valence-electron chi connectivity index (χ1n) is 8.37. The third-order valence-electron chi connectivity index (χ3n) is 4.40. The smallest absolute Gasteiger partial charge is 0.153 e. The Hall–Kier alpha value is -2.44. The standard InChI is InChI=1S/C19H24N4O2/c1-13-8-9-17(25-13)19(4,24)12-21-14(2)16-11-22-23(15(16)3)18-7-5-6-10-20-18/h5-11,14,21,24H,12H2,1-4H3. The van der Waals surface area contributed by atoms with Gasteiger partial charge in [-0.1, -0.05) is 6.07 Å². The second-order valence-electron chi connectivity index (χ2n) is 6.57. The second-order valence-corrected chi connectivity index (χ2v) is 6.57. The minimum Gasteiger partial charge on any atom is -0.463 e. The number of aliphatic hydroxyl groups is 1. The highest BCUT2D eigenvalue weighted by molar-refractivity contribution is 5.29. The van der Waals surface area contributed by atoms with Crippen molar-refractivity contribution in [2.45, 2.75) is 39.3 Å². The van der Waals surface area contributed by atoms with Gasteiger partial charge in [-0.05, 0) is 52.0 Å². The monoisotopic (exact) mass is 340 g/mol. The van der Waals surface area contributed by atoms with Crippen molar-refractivity contribution in [2.24, 2.45) is 0 Å². The molecule has 0 saturated carbocycles. The molecule has 25 heavy (non-hydrogen) atoms. The van der Waals surface area contributed by atoms with Crippen molar-refractivity contribution < 1.29 is 9.52 Å². The lowest BCUT2D eigenvalue weighted by Gasteiger charge is -2.24. The average molecular weight is 340 g/mol. The molecule has 0 fully saturated rings. The van der Waals surface area contributed by atoms with E-state index in [1.807, 2.05) is 55.1 Å².